The third-order valence-electron chi connectivity index (χ3n) is 4.15. The quantitative estimate of drug-likeness (QED) is 0.579. The Bertz CT molecular complexity index is 1190. The van der Waals surface area contributed by atoms with E-state index in [0.717, 1.165) is 5.75 Å². The fourth-order valence-corrected chi connectivity index (χ4v) is 2.89. The number of hydrogen-bond acceptors (Lipinski definition) is 4. The van der Waals surface area contributed by atoms with Gasteiger partial charge < -0.3 is 10.1 Å². The van der Waals surface area contributed by atoms with Crippen LogP contribution in [-0.2, 0) is 11.3 Å². The van der Waals surface area contributed by atoms with Gasteiger partial charge in [-0.25, -0.2) is 0 Å². The Hall–Kier alpha value is -3.93. The molecule has 0 radical (unpaired) electrons. The van der Waals surface area contributed by atoms with E-state index in [1.54, 1.807) is 36.4 Å². The van der Waals surface area contributed by atoms with Crippen LogP contribution >= 0.6 is 0 Å². The molecule has 0 aliphatic rings. The minimum atomic E-state index is -0.252. The van der Waals surface area contributed by atoms with Crippen molar-refractivity contribution in [1.29, 1.82) is 0 Å². The van der Waals surface area contributed by atoms with Gasteiger partial charge in [-0.05, 0) is 36.4 Å². The molecule has 28 heavy (non-hydrogen) atoms. The first kappa shape index (κ1) is 17.5. The van der Waals surface area contributed by atoms with Gasteiger partial charge in [-0.2, -0.15) is 5.10 Å². The maximum Gasteiger partial charge on any atom is 0.246 e. The Morgan fingerprint density at radius 3 is 2.54 bits per heavy atom. The third kappa shape index (κ3) is 3.91. The van der Waals surface area contributed by atoms with Gasteiger partial charge in [0.2, 0.25) is 11.3 Å². The van der Waals surface area contributed by atoms with Gasteiger partial charge in [-0.3, -0.25) is 14.3 Å². The van der Waals surface area contributed by atoms with Gasteiger partial charge in [-0.15, -0.1) is 0 Å². The summed E-state index contributed by atoms with van der Waals surface area (Å²) < 4.78 is 7.30. The maximum absolute atomic E-state index is 12.5. The van der Waals surface area contributed by atoms with Gasteiger partial charge in [0, 0.05) is 17.1 Å². The van der Waals surface area contributed by atoms with Crippen molar-refractivity contribution < 1.29 is 9.53 Å². The van der Waals surface area contributed by atoms with E-state index in [0.29, 0.717) is 22.3 Å². The number of hydrogen-bond donors (Lipinski definition) is 1. The molecule has 0 fully saturated rings. The van der Waals surface area contributed by atoms with Gasteiger partial charge in [-0.1, -0.05) is 36.4 Å². The molecule has 0 unspecified atom stereocenters. The van der Waals surface area contributed by atoms with E-state index >= 15 is 0 Å². The summed E-state index contributed by atoms with van der Waals surface area (Å²) in [5, 5.41) is 7.45. The normalized spacial score (nSPS) is 10.6. The van der Waals surface area contributed by atoms with Gasteiger partial charge in [0.15, 0.2) is 0 Å². The number of benzene rings is 3. The zero-order valence-corrected chi connectivity index (χ0v) is 14.9. The second-order valence-corrected chi connectivity index (χ2v) is 6.17. The molecule has 4 aromatic rings. The second kappa shape index (κ2) is 7.75. The Balaban J connectivity index is 1.50. The number of rotatable bonds is 5. The molecule has 0 saturated carbocycles. The highest BCUT2D eigenvalue weighted by Gasteiger charge is 2.09. The molecule has 1 amide bonds. The molecule has 0 saturated heterocycles. The minimum absolute atomic E-state index is 0.00936. The highest BCUT2D eigenvalue weighted by atomic mass is 16.5. The summed E-state index contributed by atoms with van der Waals surface area (Å²) in [6.07, 6.45) is 1.23. The SMILES string of the molecule is O=C(Cn1ncc(=O)c2ccccc21)Nc1cccc(Oc2ccccc2)c1. The first-order valence-electron chi connectivity index (χ1n) is 8.77. The average Bonchev–Trinajstić information content (AvgIpc) is 2.71. The lowest BCUT2D eigenvalue weighted by Gasteiger charge is -2.11. The molecule has 4 rings (SSSR count). The van der Waals surface area contributed by atoms with E-state index in [4.69, 9.17) is 4.74 Å². The fourth-order valence-electron chi connectivity index (χ4n) is 2.89. The molecule has 0 spiro atoms. The summed E-state index contributed by atoms with van der Waals surface area (Å²) in [5.74, 6) is 1.09. The number of nitrogens with one attached hydrogen (secondary N) is 1. The van der Waals surface area contributed by atoms with Crippen molar-refractivity contribution in [2.75, 3.05) is 5.32 Å². The summed E-state index contributed by atoms with van der Waals surface area (Å²) in [4.78, 5) is 24.4. The predicted molar refractivity (Wildman–Crippen MR) is 108 cm³/mol. The van der Waals surface area contributed by atoms with E-state index in [1.807, 2.05) is 42.5 Å². The monoisotopic (exact) mass is 371 g/mol. The summed E-state index contributed by atoms with van der Waals surface area (Å²) in [6, 6.07) is 23.7. The number of carbonyl (C=O) groups is 1. The van der Waals surface area contributed by atoms with Crippen molar-refractivity contribution in [3.63, 3.8) is 0 Å². The zero-order chi connectivity index (χ0) is 19.3. The van der Waals surface area contributed by atoms with Crippen molar-refractivity contribution in [1.82, 2.24) is 9.78 Å². The molecule has 1 N–H and O–H groups in total. The van der Waals surface area contributed by atoms with Crippen molar-refractivity contribution in [2.45, 2.75) is 6.54 Å². The molecule has 0 atom stereocenters. The molecule has 1 heterocycles. The average molecular weight is 371 g/mol. The van der Waals surface area contributed by atoms with Crippen LogP contribution < -0.4 is 15.5 Å². The molecular weight excluding hydrogens is 354 g/mol. The number of nitrogens with zero attached hydrogens (tertiary/aromatic N) is 2. The first-order chi connectivity index (χ1) is 13.7. The van der Waals surface area contributed by atoms with E-state index in [-0.39, 0.29) is 17.9 Å². The highest BCUT2D eigenvalue weighted by molar-refractivity contribution is 5.91. The number of para-hydroxylation sites is 2. The fraction of sp³-hybridized carbons (Fsp3) is 0.0455. The molecule has 0 bridgehead atoms. The summed E-state index contributed by atoms with van der Waals surface area (Å²) in [7, 11) is 0. The lowest BCUT2D eigenvalue weighted by atomic mass is 10.2. The summed E-state index contributed by atoms with van der Waals surface area (Å²) in [6.45, 7) is -0.00936. The Kier molecular flexibility index (Phi) is 4.84. The molecule has 6 heteroatoms. The van der Waals surface area contributed by atoms with E-state index in [2.05, 4.69) is 10.4 Å². The van der Waals surface area contributed by atoms with Crippen LogP contribution in [0, 0.1) is 0 Å². The predicted octanol–water partition coefficient (Wildman–Crippen LogP) is 3.83. The van der Waals surface area contributed by atoms with E-state index in [9.17, 15) is 9.59 Å². The Morgan fingerprint density at radius 1 is 0.929 bits per heavy atom. The lowest BCUT2D eigenvalue weighted by Crippen LogP contribution is -2.22. The Morgan fingerprint density at radius 2 is 1.68 bits per heavy atom. The van der Waals surface area contributed by atoms with Crippen LogP contribution in [0.4, 0.5) is 5.69 Å². The van der Waals surface area contributed by atoms with Gasteiger partial charge in [0.25, 0.3) is 0 Å². The highest BCUT2D eigenvalue weighted by Crippen LogP contribution is 2.23. The standard InChI is InChI=1S/C22H17N3O3/c26-21-14-23-25(20-12-5-4-11-19(20)21)15-22(27)24-16-7-6-10-18(13-16)28-17-8-2-1-3-9-17/h1-14H,15H2,(H,24,27). The van der Waals surface area contributed by atoms with Crippen LogP contribution in [0.5, 0.6) is 11.5 Å². The number of carbonyl (C=O) groups excluding carboxylic acids is 1. The zero-order valence-electron chi connectivity index (χ0n) is 14.9. The number of aromatic nitrogens is 2. The number of ether oxygens (including phenoxy) is 1. The topological polar surface area (TPSA) is 73.2 Å². The molecule has 3 aromatic carbocycles. The van der Waals surface area contributed by atoms with Crippen molar-refractivity contribution >= 4 is 22.5 Å². The number of fused-ring (bicyclic) bond motifs is 1. The van der Waals surface area contributed by atoms with Crippen LogP contribution in [0.1, 0.15) is 0 Å². The third-order valence-corrected chi connectivity index (χ3v) is 4.15. The van der Waals surface area contributed by atoms with Crippen LogP contribution in [0.3, 0.4) is 0 Å². The number of anilines is 1. The van der Waals surface area contributed by atoms with Gasteiger partial charge in [0.1, 0.15) is 18.0 Å². The van der Waals surface area contributed by atoms with Crippen molar-refractivity contribution in [3.8, 4) is 11.5 Å². The minimum Gasteiger partial charge on any atom is -0.457 e. The Labute approximate surface area is 161 Å². The maximum atomic E-state index is 12.5. The summed E-state index contributed by atoms with van der Waals surface area (Å²) in [5.41, 5.74) is 1.06. The number of amides is 1. The van der Waals surface area contributed by atoms with Gasteiger partial charge in [0.05, 0.1) is 11.7 Å². The van der Waals surface area contributed by atoms with Crippen LogP contribution in [0.15, 0.2) is 89.9 Å². The van der Waals surface area contributed by atoms with Crippen LogP contribution in [0.2, 0.25) is 0 Å². The first-order valence-corrected chi connectivity index (χ1v) is 8.77. The molecular formula is C22H17N3O3. The van der Waals surface area contributed by atoms with Crippen molar-refractivity contribution in [3.05, 3.63) is 95.3 Å². The molecule has 0 aliphatic carbocycles. The molecule has 6 nitrogen and oxygen atoms in total. The second-order valence-electron chi connectivity index (χ2n) is 6.17. The summed E-state index contributed by atoms with van der Waals surface area (Å²) >= 11 is 0. The van der Waals surface area contributed by atoms with Crippen LogP contribution in [-0.4, -0.2) is 15.7 Å². The van der Waals surface area contributed by atoms with E-state index in [1.165, 1.54) is 10.9 Å². The van der Waals surface area contributed by atoms with Crippen LogP contribution in [0.25, 0.3) is 10.9 Å². The molecule has 1 aromatic heterocycles. The lowest BCUT2D eigenvalue weighted by molar-refractivity contribution is -0.116. The van der Waals surface area contributed by atoms with E-state index < -0.39 is 0 Å². The largest absolute Gasteiger partial charge is 0.457 e. The van der Waals surface area contributed by atoms with Gasteiger partial charge >= 0.3 is 0 Å². The molecule has 138 valence electrons. The van der Waals surface area contributed by atoms with Crippen molar-refractivity contribution in [2.24, 2.45) is 0 Å². The smallest absolute Gasteiger partial charge is 0.246 e. The molecule has 0 aliphatic heterocycles.